The molecule has 1 aliphatic heterocycles. The first-order valence-electron chi connectivity index (χ1n) is 5.48. The molecule has 6 heteroatoms. The van der Waals surface area contributed by atoms with Crippen LogP contribution in [0, 0.1) is 0 Å². The molecule has 2 aromatic rings. The smallest absolute Gasteiger partial charge is 0.242 e. The second-order valence-electron chi connectivity index (χ2n) is 4.07. The molecule has 0 N–H and O–H groups in total. The molecular formula is C11H12N4OS. The van der Waals surface area contributed by atoms with E-state index in [0.717, 1.165) is 19.5 Å². The van der Waals surface area contributed by atoms with Crippen molar-refractivity contribution in [1.82, 2.24) is 19.7 Å². The Morgan fingerprint density at radius 1 is 1.41 bits per heavy atom. The number of nitrogens with zero attached hydrogens (tertiary/aromatic N) is 4. The zero-order chi connectivity index (χ0) is 11.7. The third-order valence-electron chi connectivity index (χ3n) is 2.94. The first-order valence-corrected chi connectivity index (χ1v) is 6.36. The van der Waals surface area contributed by atoms with E-state index in [1.165, 1.54) is 10.4 Å². The molecule has 0 radical (unpaired) electrons. The zero-order valence-electron chi connectivity index (χ0n) is 9.24. The molecule has 0 saturated heterocycles. The van der Waals surface area contributed by atoms with E-state index in [-0.39, 0.29) is 5.91 Å². The maximum atomic E-state index is 12.1. The third kappa shape index (κ3) is 2.08. The van der Waals surface area contributed by atoms with Crippen LogP contribution in [-0.2, 0) is 24.3 Å². The van der Waals surface area contributed by atoms with E-state index in [9.17, 15) is 4.79 Å². The number of aromatic nitrogens is 3. The van der Waals surface area contributed by atoms with Crippen LogP contribution in [0.4, 0.5) is 0 Å². The molecule has 0 spiro atoms. The van der Waals surface area contributed by atoms with Crippen molar-refractivity contribution < 1.29 is 4.79 Å². The van der Waals surface area contributed by atoms with E-state index in [0.29, 0.717) is 6.54 Å². The van der Waals surface area contributed by atoms with Gasteiger partial charge in [0.1, 0.15) is 19.2 Å². The van der Waals surface area contributed by atoms with Crippen LogP contribution in [0.3, 0.4) is 0 Å². The van der Waals surface area contributed by atoms with Gasteiger partial charge in [-0.05, 0) is 23.4 Å². The molecule has 3 heterocycles. The number of hydrogen-bond donors (Lipinski definition) is 0. The van der Waals surface area contributed by atoms with Gasteiger partial charge >= 0.3 is 0 Å². The van der Waals surface area contributed by atoms with Crippen molar-refractivity contribution in [2.24, 2.45) is 0 Å². The average Bonchev–Trinajstić information content (AvgIpc) is 2.97. The van der Waals surface area contributed by atoms with E-state index < -0.39 is 0 Å². The lowest BCUT2D eigenvalue weighted by atomic mass is 10.1. The topological polar surface area (TPSA) is 51.0 Å². The normalized spacial score (nSPS) is 14.7. The van der Waals surface area contributed by atoms with Crippen molar-refractivity contribution in [3.05, 3.63) is 34.5 Å². The molecule has 0 aromatic carbocycles. The van der Waals surface area contributed by atoms with Crippen LogP contribution in [0.15, 0.2) is 24.1 Å². The summed E-state index contributed by atoms with van der Waals surface area (Å²) in [6.45, 7) is 1.88. The van der Waals surface area contributed by atoms with Crippen molar-refractivity contribution in [2.75, 3.05) is 6.54 Å². The number of thiophene rings is 1. The average molecular weight is 248 g/mol. The van der Waals surface area contributed by atoms with Gasteiger partial charge in [0.15, 0.2) is 0 Å². The highest BCUT2D eigenvalue weighted by Gasteiger charge is 2.21. The second-order valence-corrected chi connectivity index (χ2v) is 5.07. The first kappa shape index (κ1) is 10.5. The predicted molar refractivity (Wildman–Crippen MR) is 63.5 cm³/mol. The Hall–Kier alpha value is -1.69. The van der Waals surface area contributed by atoms with Gasteiger partial charge in [-0.25, -0.2) is 0 Å². The van der Waals surface area contributed by atoms with Gasteiger partial charge < -0.3 is 9.47 Å². The lowest BCUT2D eigenvalue weighted by Gasteiger charge is -2.27. The minimum absolute atomic E-state index is 0.127. The number of hydrogen-bond acceptors (Lipinski definition) is 4. The molecule has 3 rings (SSSR count). The number of carbonyl (C=O) groups excluding carboxylic acids is 1. The lowest BCUT2D eigenvalue weighted by Crippen LogP contribution is -2.37. The molecule has 5 nitrogen and oxygen atoms in total. The summed E-state index contributed by atoms with van der Waals surface area (Å²) in [4.78, 5) is 15.4. The van der Waals surface area contributed by atoms with Crippen molar-refractivity contribution >= 4 is 17.2 Å². The van der Waals surface area contributed by atoms with Gasteiger partial charge in [-0.1, -0.05) is 0 Å². The van der Waals surface area contributed by atoms with Crippen molar-refractivity contribution in [3.63, 3.8) is 0 Å². The first-order chi connectivity index (χ1) is 8.33. The van der Waals surface area contributed by atoms with E-state index in [1.807, 2.05) is 4.90 Å². The van der Waals surface area contributed by atoms with Gasteiger partial charge in [0, 0.05) is 18.0 Å². The molecule has 1 aliphatic rings. The highest BCUT2D eigenvalue weighted by Crippen LogP contribution is 2.23. The Morgan fingerprint density at radius 2 is 2.24 bits per heavy atom. The minimum Gasteiger partial charge on any atom is -0.336 e. The number of rotatable bonds is 2. The summed E-state index contributed by atoms with van der Waals surface area (Å²) < 4.78 is 1.70. The molecule has 17 heavy (non-hydrogen) atoms. The highest BCUT2D eigenvalue weighted by atomic mass is 32.1. The largest absolute Gasteiger partial charge is 0.336 e. The summed E-state index contributed by atoms with van der Waals surface area (Å²) in [5.74, 6) is 0.127. The summed E-state index contributed by atoms with van der Waals surface area (Å²) >= 11 is 1.78. The number of carbonyl (C=O) groups is 1. The van der Waals surface area contributed by atoms with Gasteiger partial charge in [-0.15, -0.1) is 21.5 Å². The fourth-order valence-electron chi connectivity index (χ4n) is 2.02. The number of amides is 1. The van der Waals surface area contributed by atoms with Crippen LogP contribution >= 0.6 is 11.3 Å². The Balaban J connectivity index is 1.68. The molecular weight excluding hydrogens is 236 g/mol. The van der Waals surface area contributed by atoms with Crippen LogP contribution in [-0.4, -0.2) is 32.1 Å². The highest BCUT2D eigenvalue weighted by molar-refractivity contribution is 7.10. The van der Waals surface area contributed by atoms with Gasteiger partial charge in [-0.3, -0.25) is 4.79 Å². The summed E-state index contributed by atoms with van der Waals surface area (Å²) in [5.41, 5.74) is 1.29. The molecule has 0 bridgehead atoms. The molecule has 0 unspecified atom stereocenters. The maximum absolute atomic E-state index is 12.1. The van der Waals surface area contributed by atoms with Crippen LogP contribution in [0.25, 0.3) is 0 Å². The molecule has 0 saturated carbocycles. The van der Waals surface area contributed by atoms with Crippen molar-refractivity contribution in [2.45, 2.75) is 19.5 Å². The third-order valence-corrected chi connectivity index (χ3v) is 3.97. The summed E-state index contributed by atoms with van der Waals surface area (Å²) in [6.07, 6.45) is 4.11. The maximum Gasteiger partial charge on any atom is 0.242 e. The van der Waals surface area contributed by atoms with Gasteiger partial charge in [0.05, 0.1) is 0 Å². The van der Waals surface area contributed by atoms with Gasteiger partial charge in [0.25, 0.3) is 0 Å². The molecule has 0 atom stereocenters. The lowest BCUT2D eigenvalue weighted by molar-refractivity contribution is -0.132. The van der Waals surface area contributed by atoms with E-state index in [2.05, 4.69) is 21.6 Å². The predicted octanol–water partition coefficient (Wildman–Crippen LogP) is 0.924. The minimum atomic E-state index is 0.127. The Kier molecular flexibility index (Phi) is 2.64. The van der Waals surface area contributed by atoms with E-state index >= 15 is 0 Å². The summed E-state index contributed by atoms with van der Waals surface area (Å²) in [5, 5.41) is 9.48. The molecule has 1 amide bonds. The van der Waals surface area contributed by atoms with Crippen LogP contribution in [0.2, 0.25) is 0 Å². The fraction of sp³-hybridized carbons (Fsp3) is 0.364. The van der Waals surface area contributed by atoms with Gasteiger partial charge in [0.2, 0.25) is 5.91 Å². The van der Waals surface area contributed by atoms with Crippen molar-refractivity contribution in [3.8, 4) is 0 Å². The Labute approximate surface area is 103 Å². The second kappa shape index (κ2) is 4.29. The monoisotopic (exact) mass is 248 g/mol. The fourth-order valence-corrected chi connectivity index (χ4v) is 2.91. The number of fused-ring (bicyclic) bond motifs is 1. The van der Waals surface area contributed by atoms with Crippen LogP contribution < -0.4 is 0 Å². The molecule has 88 valence electrons. The summed E-state index contributed by atoms with van der Waals surface area (Å²) in [6, 6.07) is 2.11. The van der Waals surface area contributed by atoms with E-state index in [4.69, 9.17) is 0 Å². The van der Waals surface area contributed by atoms with Crippen LogP contribution in [0.1, 0.15) is 10.4 Å². The zero-order valence-corrected chi connectivity index (χ0v) is 10.1. The Bertz CT molecular complexity index is 519. The van der Waals surface area contributed by atoms with Crippen LogP contribution in [0.5, 0.6) is 0 Å². The molecule has 0 aliphatic carbocycles. The summed E-state index contributed by atoms with van der Waals surface area (Å²) in [7, 11) is 0. The standard InChI is InChI=1S/C11H12N4OS/c16-11(6-14-7-12-13-8-14)15-3-1-10-9(5-15)2-4-17-10/h2,4,7-8H,1,3,5-6H2. The van der Waals surface area contributed by atoms with Gasteiger partial charge in [-0.2, -0.15) is 0 Å². The quantitative estimate of drug-likeness (QED) is 0.794. The molecule has 2 aromatic heterocycles. The molecule has 0 fully saturated rings. The van der Waals surface area contributed by atoms with Crippen molar-refractivity contribution in [1.29, 1.82) is 0 Å². The Morgan fingerprint density at radius 3 is 3.06 bits per heavy atom. The SMILES string of the molecule is O=C(Cn1cnnc1)N1CCc2sccc2C1. The van der Waals surface area contributed by atoms with E-state index in [1.54, 1.807) is 28.6 Å².